The lowest BCUT2D eigenvalue weighted by atomic mass is 10.2. The number of carbonyl (C=O) groups excluding carboxylic acids is 1. The summed E-state index contributed by atoms with van der Waals surface area (Å²) in [5, 5.41) is 3.74. The zero-order valence-corrected chi connectivity index (χ0v) is 11.4. The smallest absolute Gasteiger partial charge is 0.313 e. The first kappa shape index (κ1) is 14.6. The molecule has 0 heterocycles. The Morgan fingerprint density at radius 3 is 2.53 bits per heavy atom. The number of halogens is 4. The van der Waals surface area contributed by atoms with Crippen LogP contribution < -0.4 is 0 Å². The molecule has 0 unspecified atom stereocenters. The fourth-order valence-corrected chi connectivity index (χ4v) is 1.71. The number of nitrogens with zero attached hydrogens (tertiary/aromatic N) is 1. The standard InChI is InChI=1S/C10H7Cl4NO2/c11-5-8(9(13)14)15-17-10(16)6-3-1-2-4-7(6)12/h1-4,9H,5H2. The van der Waals surface area contributed by atoms with E-state index in [1.165, 1.54) is 6.07 Å². The summed E-state index contributed by atoms with van der Waals surface area (Å²) in [5.41, 5.74) is 0.350. The van der Waals surface area contributed by atoms with E-state index in [1.54, 1.807) is 18.2 Å². The Kier molecular flexibility index (Phi) is 6.06. The van der Waals surface area contributed by atoms with E-state index in [4.69, 9.17) is 46.4 Å². The number of alkyl halides is 3. The maximum absolute atomic E-state index is 11.6. The second-order valence-electron chi connectivity index (χ2n) is 2.88. The third kappa shape index (κ3) is 4.36. The van der Waals surface area contributed by atoms with E-state index in [0.29, 0.717) is 0 Å². The van der Waals surface area contributed by atoms with Crippen LogP contribution in [-0.4, -0.2) is 22.4 Å². The van der Waals surface area contributed by atoms with Gasteiger partial charge in [-0.15, -0.1) is 11.6 Å². The van der Waals surface area contributed by atoms with E-state index < -0.39 is 10.8 Å². The highest BCUT2D eigenvalue weighted by Crippen LogP contribution is 2.16. The topological polar surface area (TPSA) is 38.7 Å². The maximum atomic E-state index is 11.6. The van der Waals surface area contributed by atoms with Gasteiger partial charge in [-0.3, -0.25) is 0 Å². The molecule has 7 heteroatoms. The Balaban J connectivity index is 2.77. The van der Waals surface area contributed by atoms with Gasteiger partial charge >= 0.3 is 5.97 Å². The molecule has 1 rings (SSSR count). The second-order valence-corrected chi connectivity index (χ2v) is 4.65. The van der Waals surface area contributed by atoms with Gasteiger partial charge in [-0.2, -0.15) is 0 Å². The molecule has 0 saturated carbocycles. The highest BCUT2D eigenvalue weighted by atomic mass is 35.5. The first-order chi connectivity index (χ1) is 8.06. The molecule has 0 spiro atoms. The molecule has 0 amide bonds. The molecule has 0 aliphatic carbocycles. The monoisotopic (exact) mass is 313 g/mol. The van der Waals surface area contributed by atoms with Crippen LogP contribution in [0.4, 0.5) is 0 Å². The van der Waals surface area contributed by atoms with Gasteiger partial charge in [-0.25, -0.2) is 4.79 Å². The van der Waals surface area contributed by atoms with Crippen molar-refractivity contribution in [2.45, 2.75) is 4.84 Å². The van der Waals surface area contributed by atoms with Gasteiger partial charge in [0.1, 0.15) is 10.5 Å². The number of rotatable bonds is 4. The SMILES string of the molecule is O=C(ON=C(CCl)C(Cl)Cl)c1ccccc1Cl. The molecule has 0 aliphatic rings. The fourth-order valence-electron chi connectivity index (χ4n) is 0.899. The second kappa shape index (κ2) is 7.07. The molecule has 0 fully saturated rings. The van der Waals surface area contributed by atoms with E-state index in [0.717, 1.165) is 0 Å². The zero-order valence-electron chi connectivity index (χ0n) is 8.37. The summed E-state index contributed by atoms with van der Waals surface area (Å²) in [4.78, 5) is 15.3. The molecule has 0 radical (unpaired) electrons. The predicted molar refractivity (Wildman–Crippen MR) is 70.5 cm³/mol. The van der Waals surface area contributed by atoms with Gasteiger partial charge in [0.05, 0.1) is 16.5 Å². The van der Waals surface area contributed by atoms with E-state index in [1.807, 2.05) is 0 Å². The first-order valence-electron chi connectivity index (χ1n) is 4.43. The number of carbonyl (C=O) groups is 1. The molecule has 0 saturated heterocycles. The Labute approximate surface area is 118 Å². The summed E-state index contributed by atoms with van der Waals surface area (Å²) in [6.07, 6.45) is 0. The van der Waals surface area contributed by atoms with Gasteiger partial charge in [-0.1, -0.05) is 52.1 Å². The Bertz CT molecular complexity index is 434. The quantitative estimate of drug-likeness (QED) is 0.366. The minimum absolute atomic E-state index is 0.0343. The van der Waals surface area contributed by atoms with Gasteiger partial charge in [0, 0.05) is 0 Å². The molecule has 1 aromatic rings. The van der Waals surface area contributed by atoms with Gasteiger partial charge in [-0.05, 0) is 12.1 Å². The minimum atomic E-state index is -0.924. The van der Waals surface area contributed by atoms with Crippen molar-refractivity contribution in [3.63, 3.8) is 0 Å². The van der Waals surface area contributed by atoms with Crippen LogP contribution in [-0.2, 0) is 4.84 Å². The number of oxime groups is 1. The summed E-state index contributed by atoms with van der Waals surface area (Å²) in [7, 11) is 0. The molecule has 17 heavy (non-hydrogen) atoms. The molecule has 0 N–H and O–H groups in total. The van der Waals surface area contributed by atoms with Crippen molar-refractivity contribution in [2.24, 2.45) is 5.16 Å². The average Bonchev–Trinajstić information content (AvgIpc) is 2.29. The lowest BCUT2D eigenvalue weighted by molar-refractivity contribution is 0.0516. The predicted octanol–water partition coefficient (Wildman–Crippen LogP) is 3.90. The summed E-state index contributed by atoms with van der Waals surface area (Å²) >= 11 is 22.4. The highest BCUT2D eigenvalue weighted by Gasteiger charge is 2.14. The third-order valence-electron chi connectivity index (χ3n) is 1.73. The third-order valence-corrected chi connectivity index (χ3v) is 2.84. The lowest BCUT2D eigenvalue weighted by Crippen LogP contribution is -2.12. The van der Waals surface area contributed by atoms with E-state index in [2.05, 4.69) is 9.99 Å². The first-order valence-corrected chi connectivity index (χ1v) is 6.21. The van der Waals surface area contributed by atoms with E-state index >= 15 is 0 Å². The number of benzene rings is 1. The van der Waals surface area contributed by atoms with Crippen molar-refractivity contribution in [1.29, 1.82) is 0 Å². The van der Waals surface area contributed by atoms with Crippen LogP contribution in [0.2, 0.25) is 5.02 Å². The number of hydrogen-bond donors (Lipinski definition) is 0. The molecular weight excluding hydrogens is 308 g/mol. The van der Waals surface area contributed by atoms with E-state index in [9.17, 15) is 4.79 Å². The molecule has 1 aromatic carbocycles. The average molecular weight is 315 g/mol. The Hall–Kier alpha value is -0.480. The van der Waals surface area contributed by atoms with Gasteiger partial charge < -0.3 is 4.84 Å². The summed E-state index contributed by atoms with van der Waals surface area (Å²) in [6, 6.07) is 6.43. The van der Waals surface area contributed by atoms with E-state index in [-0.39, 0.29) is 22.2 Å². The van der Waals surface area contributed by atoms with Gasteiger partial charge in [0.25, 0.3) is 0 Å². The Morgan fingerprint density at radius 2 is 2.00 bits per heavy atom. The lowest BCUT2D eigenvalue weighted by Gasteiger charge is -2.03. The van der Waals surface area contributed by atoms with Gasteiger partial charge in [0.15, 0.2) is 0 Å². The normalized spacial score (nSPS) is 11.7. The van der Waals surface area contributed by atoms with Crippen molar-refractivity contribution >= 4 is 58.1 Å². The molecule has 0 atom stereocenters. The molecule has 0 aromatic heterocycles. The van der Waals surface area contributed by atoms with Crippen LogP contribution in [0.5, 0.6) is 0 Å². The van der Waals surface area contributed by atoms with Gasteiger partial charge in [0.2, 0.25) is 0 Å². The summed E-state index contributed by atoms with van der Waals surface area (Å²) in [5.74, 6) is -0.736. The molecular formula is C10H7Cl4NO2. The molecule has 92 valence electrons. The fraction of sp³-hybridized carbons (Fsp3) is 0.200. The Morgan fingerprint density at radius 1 is 1.35 bits per heavy atom. The van der Waals surface area contributed by atoms with Crippen molar-refractivity contribution < 1.29 is 9.63 Å². The number of hydrogen-bond acceptors (Lipinski definition) is 3. The minimum Gasteiger partial charge on any atom is -0.313 e. The summed E-state index contributed by atoms with van der Waals surface area (Å²) in [6.45, 7) is 0. The zero-order chi connectivity index (χ0) is 12.8. The highest BCUT2D eigenvalue weighted by molar-refractivity contribution is 6.56. The largest absolute Gasteiger partial charge is 0.367 e. The molecule has 0 aliphatic heterocycles. The van der Waals surface area contributed by atoms with Crippen LogP contribution in [0.3, 0.4) is 0 Å². The maximum Gasteiger partial charge on any atom is 0.367 e. The van der Waals surface area contributed by atoms with Crippen molar-refractivity contribution in [2.75, 3.05) is 5.88 Å². The van der Waals surface area contributed by atoms with Crippen LogP contribution in [0.1, 0.15) is 10.4 Å². The molecule has 0 bridgehead atoms. The summed E-state index contributed by atoms with van der Waals surface area (Å²) < 4.78 is 0. The van der Waals surface area contributed by atoms with Crippen LogP contribution in [0, 0.1) is 0 Å². The van der Waals surface area contributed by atoms with Crippen LogP contribution >= 0.6 is 46.4 Å². The van der Waals surface area contributed by atoms with Crippen molar-refractivity contribution in [3.8, 4) is 0 Å². The van der Waals surface area contributed by atoms with Crippen LogP contribution in [0.15, 0.2) is 29.4 Å². The molecule has 3 nitrogen and oxygen atoms in total. The van der Waals surface area contributed by atoms with Crippen molar-refractivity contribution in [1.82, 2.24) is 0 Å². The van der Waals surface area contributed by atoms with Crippen LogP contribution in [0.25, 0.3) is 0 Å². The van der Waals surface area contributed by atoms with Crippen molar-refractivity contribution in [3.05, 3.63) is 34.9 Å².